The van der Waals surface area contributed by atoms with Gasteiger partial charge in [-0.15, -0.1) is 11.3 Å². The van der Waals surface area contributed by atoms with Crippen molar-refractivity contribution in [3.05, 3.63) is 21.9 Å². The van der Waals surface area contributed by atoms with Gasteiger partial charge in [0.25, 0.3) is 0 Å². The average molecular weight is 292 g/mol. The molecule has 1 saturated carbocycles. The summed E-state index contributed by atoms with van der Waals surface area (Å²) in [6.07, 6.45) is 8.18. The lowest BCUT2D eigenvalue weighted by atomic mass is 9.79. The Hall–Kier alpha value is -0.380. The zero-order chi connectivity index (χ0) is 14.0. The molecule has 3 rings (SSSR count). The van der Waals surface area contributed by atoms with Gasteiger partial charge in [0.05, 0.1) is 0 Å². The molecule has 1 N–H and O–H groups in total. The molecular weight excluding hydrogens is 264 g/mol. The lowest BCUT2D eigenvalue weighted by Gasteiger charge is -2.49. The standard InChI is InChI=1S/C17H28N2S/c1-3-15-7-8-16(20-15)12-19-13-17(18-11-14(19)2)9-5-4-6-10-17/h7-8,14,18H,3-6,9-13H2,1-2H3. The van der Waals surface area contributed by atoms with Gasteiger partial charge in [-0.1, -0.05) is 26.2 Å². The summed E-state index contributed by atoms with van der Waals surface area (Å²) in [6.45, 7) is 8.17. The minimum absolute atomic E-state index is 0.426. The van der Waals surface area contributed by atoms with Gasteiger partial charge in [-0.25, -0.2) is 0 Å². The minimum Gasteiger partial charge on any atom is -0.308 e. The monoisotopic (exact) mass is 292 g/mol. The van der Waals surface area contributed by atoms with E-state index < -0.39 is 0 Å². The third kappa shape index (κ3) is 3.10. The lowest BCUT2D eigenvalue weighted by molar-refractivity contribution is 0.0580. The summed E-state index contributed by atoms with van der Waals surface area (Å²) in [6, 6.07) is 5.31. The fourth-order valence-electron chi connectivity index (χ4n) is 3.77. The van der Waals surface area contributed by atoms with Crippen molar-refractivity contribution < 1.29 is 0 Å². The molecule has 20 heavy (non-hydrogen) atoms. The van der Waals surface area contributed by atoms with Gasteiger partial charge in [-0.3, -0.25) is 4.90 Å². The first-order valence-corrected chi connectivity index (χ1v) is 9.09. The molecule has 1 unspecified atom stereocenters. The second-order valence-electron chi connectivity index (χ2n) is 6.70. The van der Waals surface area contributed by atoms with E-state index in [-0.39, 0.29) is 0 Å². The van der Waals surface area contributed by atoms with E-state index in [1.807, 2.05) is 11.3 Å². The fraction of sp³-hybridized carbons (Fsp3) is 0.765. The quantitative estimate of drug-likeness (QED) is 0.911. The lowest BCUT2D eigenvalue weighted by Crippen LogP contribution is -2.63. The summed E-state index contributed by atoms with van der Waals surface area (Å²) in [5.74, 6) is 0. The molecule has 2 nitrogen and oxygen atoms in total. The van der Waals surface area contributed by atoms with Crippen LogP contribution in [-0.4, -0.2) is 29.6 Å². The van der Waals surface area contributed by atoms with E-state index in [4.69, 9.17) is 0 Å². The largest absolute Gasteiger partial charge is 0.308 e. The number of thiophene rings is 1. The number of rotatable bonds is 3. The summed E-state index contributed by atoms with van der Waals surface area (Å²) < 4.78 is 0. The van der Waals surface area contributed by atoms with Crippen LogP contribution in [0, 0.1) is 0 Å². The summed E-state index contributed by atoms with van der Waals surface area (Å²) in [7, 11) is 0. The Morgan fingerprint density at radius 2 is 2.00 bits per heavy atom. The van der Waals surface area contributed by atoms with Crippen LogP contribution in [0.15, 0.2) is 12.1 Å². The molecule has 0 radical (unpaired) electrons. The van der Waals surface area contributed by atoms with Crippen LogP contribution in [0.2, 0.25) is 0 Å². The number of piperazine rings is 1. The third-order valence-corrected chi connectivity index (χ3v) is 6.35. The Bertz CT molecular complexity index is 434. The molecule has 2 fully saturated rings. The van der Waals surface area contributed by atoms with Gasteiger partial charge in [0, 0.05) is 41.0 Å². The highest BCUT2D eigenvalue weighted by Gasteiger charge is 2.38. The second-order valence-corrected chi connectivity index (χ2v) is 7.95. The van der Waals surface area contributed by atoms with Gasteiger partial charge in [-0.05, 0) is 38.3 Å². The number of nitrogens with zero attached hydrogens (tertiary/aromatic N) is 1. The molecule has 1 spiro atoms. The van der Waals surface area contributed by atoms with Gasteiger partial charge in [0.2, 0.25) is 0 Å². The second kappa shape index (κ2) is 6.17. The zero-order valence-electron chi connectivity index (χ0n) is 13.0. The Morgan fingerprint density at radius 3 is 2.70 bits per heavy atom. The van der Waals surface area contributed by atoms with Crippen LogP contribution in [0.1, 0.15) is 55.7 Å². The SMILES string of the molecule is CCc1ccc(CN2CC3(CCCCC3)NCC2C)s1. The van der Waals surface area contributed by atoms with Crippen molar-refractivity contribution in [2.75, 3.05) is 13.1 Å². The highest BCUT2D eigenvalue weighted by atomic mass is 32.1. The van der Waals surface area contributed by atoms with Crippen LogP contribution >= 0.6 is 11.3 Å². The maximum atomic E-state index is 3.88. The van der Waals surface area contributed by atoms with Gasteiger partial charge in [-0.2, -0.15) is 0 Å². The molecule has 112 valence electrons. The Balaban J connectivity index is 1.67. The van der Waals surface area contributed by atoms with Crippen LogP contribution in [0.25, 0.3) is 0 Å². The summed E-state index contributed by atoms with van der Waals surface area (Å²) in [5, 5.41) is 3.88. The molecule has 0 aromatic carbocycles. The van der Waals surface area contributed by atoms with Crippen LogP contribution in [0.3, 0.4) is 0 Å². The van der Waals surface area contributed by atoms with Crippen molar-refractivity contribution in [2.24, 2.45) is 0 Å². The normalized spacial score (nSPS) is 27.0. The molecule has 1 saturated heterocycles. The van der Waals surface area contributed by atoms with Crippen LogP contribution < -0.4 is 5.32 Å². The summed E-state index contributed by atoms with van der Waals surface area (Å²) >= 11 is 2.00. The maximum absolute atomic E-state index is 3.88. The summed E-state index contributed by atoms with van der Waals surface area (Å²) in [4.78, 5) is 5.78. The van der Waals surface area contributed by atoms with Crippen LogP contribution in [-0.2, 0) is 13.0 Å². The Kier molecular flexibility index (Phi) is 4.49. The maximum Gasteiger partial charge on any atom is 0.0332 e. The third-order valence-electron chi connectivity index (χ3n) is 5.14. The van der Waals surface area contributed by atoms with E-state index in [0.29, 0.717) is 11.6 Å². The van der Waals surface area contributed by atoms with E-state index in [1.54, 1.807) is 4.88 Å². The molecule has 3 heteroatoms. The number of nitrogens with one attached hydrogen (secondary N) is 1. The van der Waals surface area contributed by atoms with Crippen molar-refractivity contribution >= 4 is 11.3 Å². The van der Waals surface area contributed by atoms with Gasteiger partial charge in [0.15, 0.2) is 0 Å². The van der Waals surface area contributed by atoms with E-state index in [2.05, 4.69) is 36.2 Å². The van der Waals surface area contributed by atoms with Crippen molar-refractivity contribution in [3.8, 4) is 0 Å². The topological polar surface area (TPSA) is 15.3 Å². The molecular formula is C17H28N2S. The Labute approximate surface area is 127 Å². The van der Waals surface area contributed by atoms with Crippen LogP contribution in [0.4, 0.5) is 0 Å². The molecule has 0 amide bonds. The van der Waals surface area contributed by atoms with Gasteiger partial charge < -0.3 is 5.32 Å². The molecule has 0 bridgehead atoms. The Morgan fingerprint density at radius 1 is 1.25 bits per heavy atom. The molecule has 1 aliphatic carbocycles. The number of aryl methyl sites for hydroxylation is 1. The highest BCUT2D eigenvalue weighted by Crippen LogP contribution is 2.32. The molecule has 1 aliphatic heterocycles. The molecule has 1 atom stereocenters. The zero-order valence-corrected chi connectivity index (χ0v) is 13.8. The van der Waals surface area contributed by atoms with Gasteiger partial charge >= 0.3 is 0 Å². The van der Waals surface area contributed by atoms with Crippen molar-refractivity contribution in [3.63, 3.8) is 0 Å². The van der Waals surface area contributed by atoms with Gasteiger partial charge in [0.1, 0.15) is 0 Å². The number of hydrogen-bond donors (Lipinski definition) is 1. The average Bonchev–Trinajstić information content (AvgIpc) is 2.92. The van der Waals surface area contributed by atoms with Crippen LogP contribution in [0.5, 0.6) is 0 Å². The van der Waals surface area contributed by atoms with E-state index in [9.17, 15) is 0 Å². The smallest absolute Gasteiger partial charge is 0.0332 e. The first kappa shape index (κ1) is 14.6. The first-order valence-electron chi connectivity index (χ1n) is 8.27. The minimum atomic E-state index is 0.426. The predicted molar refractivity (Wildman–Crippen MR) is 87.4 cm³/mol. The van der Waals surface area contributed by atoms with Crippen molar-refractivity contribution in [2.45, 2.75) is 70.5 Å². The van der Waals surface area contributed by atoms with E-state index in [0.717, 1.165) is 13.1 Å². The first-order chi connectivity index (χ1) is 9.71. The van der Waals surface area contributed by atoms with E-state index in [1.165, 1.54) is 49.9 Å². The number of hydrogen-bond acceptors (Lipinski definition) is 3. The fourth-order valence-corrected chi connectivity index (χ4v) is 4.75. The molecule has 2 aliphatic rings. The molecule has 2 heterocycles. The molecule has 1 aromatic heterocycles. The summed E-state index contributed by atoms with van der Waals surface area (Å²) in [5.41, 5.74) is 0.426. The predicted octanol–water partition coefficient (Wildman–Crippen LogP) is 3.81. The van der Waals surface area contributed by atoms with Crippen molar-refractivity contribution in [1.29, 1.82) is 0 Å². The highest BCUT2D eigenvalue weighted by molar-refractivity contribution is 7.11. The van der Waals surface area contributed by atoms with E-state index >= 15 is 0 Å². The van der Waals surface area contributed by atoms with Crippen molar-refractivity contribution in [1.82, 2.24) is 10.2 Å². The molecule has 1 aromatic rings.